The fourth-order valence-corrected chi connectivity index (χ4v) is 14.8. The SMILES string of the molecule is CC(C)C[C@H](NC(=O)[C@H](CC(=O)O)NC(=O)[C@H](CC(C)C)NC(=O)[C@]1(C)CCCCCCCCCCCC[C@](C)(NC(=O)CNC(=O)[C@H](CCC(N)=O)NC(=O)COCCOCCNC(=S)Nc2ccc3c(c2)C(=O)OC32c3ccc(O)cc3Oc3cc(O)ccc32)C(=O)N[C@@H](CC(C)C)C(=O)N[C@@H](CCC(N)=O)C(=O)N1)C(=O)N[C@@H](C)C(=O)N[C@@H](CO)C(N)=O. The van der Waals surface area contributed by atoms with E-state index in [4.69, 9.17) is 48.4 Å². The number of hydrogen-bond donors (Lipinski definition) is 20. The minimum atomic E-state index is -1.92. The Morgan fingerprint density at radius 3 is 1.69 bits per heavy atom. The highest BCUT2D eigenvalue weighted by Gasteiger charge is 2.54. The first kappa shape index (κ1) is 103. The van der Waals surface area contributed by atoms with E-state index in [1.165, 1.54) is 45.0 Å². The first-order valence-corrected chi connectivity index (χ1v) is 42.8. The maximum atomic E-state index is 15.0. The maximum Gasteiger partial charge on any atom is 0.340 e. The average Bonchev–Trinajstić information content (AvgIpc) is 1.41. The number of rotatable bonds is 40. The van der Waals surface area contributed by atoms with Gasteiger partial charge in [-0.25, -0.2) is 4.79 Å². The van der Waals surface area contributed by atoms with E-state index >= 15 is 4.79 Å². The summed E-state index contributed by atoms with van der Waals surface area (Å²) >= 11 is 5.51. The second-order valence-electron chi connectivity index (χ2n) is 33.5. The molecule has 0 saturated carbocycles. The van der Waals surface area contributed by atoms with Crippen LogP contribution in [0.5, 0.6) is 23.0 Å². The van der Waals surface area contributed by atoms with Crippen LogP contribution < -0.4 is 91.1 Å². The molecule has 0 radical (unpaired) electrons. The number of primary amides is 3. The second kappa shape index (κ2) is 49.2. The summed E-state index contributed by atoms with van der Waals surface area (Å²) in [5, 5.41) is 74.2. The number of aliphatic carboxylic acids is 1. The second-order valence-corrected chi connectivity index (χ2v) is 33.9. The lowest BCUT2D eigenvalue weighted by atomic mass is 9.77. The summed E-state index contributed by atoms with van der Waals surface area (Å²) < 4.78 is 23.3. The lowest BCUT2D eigenvalue weighted by molar-refractivity contribution is -0.142. The van der Waals surface area contributed by atoms with Gasteiger partial charge in [-0.3, -0.25) is 71.9 Å². The number of thiocarbonyl (C=S) groups is 1. The van der Waals surface area contributed by atoms with Crippen molar-refractivity contribution in [2.75, 3.05) is 51.4 Å². The Kier molecular flexibility index (Phi) is 40.2. The molecule has 1 spiro atoms. The Morgan fingerprint density at radius 2 is 1.12 bits per heavy atom. The van der Waals surface area contributed by atoms with Crippen molar-refractivity contribution >= 4 is 118 Å². The van der Waals surface area contributed by atoms with E-state index in [0.717, 1.165) is 32.1 Å². The van der Waals surface area contributed by atoms with E-state index in [1.807, 2.05) is 0 Å². The fourth-order valence-electron chi connectivity index (χ4n) is 14.6. The van der Waals surface area contributed by atoms with Crippen molar-refractivity contribution in [2.24, 2.45) is 35.0 Å². The van der Waals surface area contributed by atoms with Gasteiger partial charge in [0.05, 0.1) is 45.0 Å². The number of benzene rings is 3. The Balaban J connectivity index is 1.07. The molecule has 23 N–H and O–H groups in total. The third-order valence-electron chi connectivity index (χ3n) is 21.3. The van der Waals surface area contributed by atoms with Crippen molar-refractivity contribution in [3.63, 3.8) is 0 Å². The van der Waals surface area contributed by atoms with E-state index in [9.17, 15) is 92.3 Å². The van der Waals surface area contributed by atoms with E-state index in [1.54, 1.807) is 71.9 Å². The van der Waals surface area contributed by atoms with Crippen molar-refractivity contribution < 1.29 is 116 Å². The van der Waals surface area contributed by atoms with Crippen molar-refractivity contribution in [1.82, 2.24) is 63.8 Å². The lowest BCUT2D eigenvalue weighted by Crippen LogP contribution is -2.65. The van der Waals surface area contributed by atoms with E-state index in [0.29, 0.717) is 54.5 Å². The number of phenolic OH excluding ortho intramolecular Hbond substituents is 2. The number of nitrogens with two attached hydrogens (primary N) is 3. The topological polar surface area (TPSA) is 625 Å². The summed E-state index contributed by atoms with van der Waals surface area (Å²) in [6.45, 7) is 12.5. The molecule has 40 nitrogen and oxygen atoms in total. The number of fused-ring (bicyclic) bond motifs is 6. The van der Waals surface area contributed by atoms with E-state index in [-0.39, 0.29) is 123 Å². The molecule has 3 aromatic rings. The number of phenols is 2. The molecule has 0 unspecified atom stereocenters. The van der Waals surface area contributed by atoms with Crippen LogP contribution in [0.25, 0.3) is 0 Å². The number of nitrogens with one attached hydrogen (secondary N) is 13. The molecule has 3 aromatic carbocycles. The largest absolute Gasteiger partial charge is 0.508 e. The molecule has 126 heavy (non-hydrogen) atoms. The van der Waals surface area contributed by atoms with Gasteiger partial charge in [0, 0.05) is 53.9 Å². The van der Waals surface area contributed by atoms with Crippen LogP contribution in [-0.2, 0) is 91.7 Å². The minimum Gasteiger partial charge on any atom is -0.508 e. The Morgan fingerprint density at radius 1 is 0.571 bits per heavy atom. The zero-order valence-electron chi connectivity index (χ0n) is 72.7. The minimum absolute atomic E-state index is 0.0106. The van der Waals surface area contributed by atoms with Gasteiger partial charge < -0.3 is 126 Å². The highest BCUT2D eigenvalue weighted by atomic mass is 32.1. The third kappa shape index (κ3) is 31.7. The zero-order valence-corrected chi connectivity index (χ0v) is 73.5. The predicted octanol–water partition coefficient (Wildman–Crippen LogP) is 1.07. The van der Waals surface area contributed by atoms with Gasteiger partial charge in [-0.15, -0.1) is 0 Å². The van der Waals surface area contributed by atoms with Crippen LogP contribution in [0.4, 0.5) is 5.69 Å². The molecule has 0 bridgehead atoms. The number of hydrogen-bond acceptors (Lipinski definition) is 24. The molecule has 6 rings (SSSR count). The predicted molar refractivity (Wildman–Crippen MR) is 460 cm³/mol. The molecule has 694 valence electrons. The molecule has 3 aliphatic heterocycles. The van der Waals surface area contributed by atoms with Crippen LogP contribution in [-0.4, -0.2) is 226 Å². The summed E-state index contributed by atoms with van der Waals surface area (Å²) in [5.41, 5.74) is 13.2. The fraction of sp³-hybridized carbons (Fsp3) is 0.588. The smallest absolute Gasteiger partial charge is 0.340 e. The molecule has 1 fully saturated rings. The van der Waals surface area contributed by atoms with Gasteiger partial charge in [0.1, 0.15) is 89.0 Å². The molecule has 14 amide bonds. The highest BCUT2D eigenvalue weighted by molar-refractivity contribution is 7.80. The van der Waals surface area contributed by atoms with E-state index in [2.05, 4.69) is 69.1 Å². The highest BCUT2D eigenvalue weighted by Crippen LogP contribution is 2.57. The monoisotopic (exact) mass is 1780 g/mol. The number of carboxylic acid groups (broad SMARTS) is 1. The first-order chi connectivity index (χ1) is 59.5. The third-order valence-corrected chi connectivity index (χ3v) is 21.5. The van der Waals surface area contributed by atoms with Gasteiger partial charge in [-0.2, -0.15) is 0 Å². The van der Waals surface area contributed by atoms with Crippen LogP contribution in [0.2, 0.25) is 0 Å². The Labute approximate surface area is 736 Å². The molecule has 3 aliphatic rings. The average molecular weight is 1790 g/mol. The van der Waals surface area contributed by atoms with Gasteiger partial charge in [-0.1, -0.05) is 112 Å². The zero-order chi connectivity index (χ0) is 93.3. The number of ether oxygens (including phenoxy) is 4. The quantitative estimate of drug-likeness (QED) is 0.0215. The lowest BCUT2D eigenvalue weighted by Gasteiger charge is -2.36. The normalized spacial score (nSPS) is 19.4. The number of amides is 14. The van der Waals surface area contributed by atoms with Crippen molar-refractivity contribution in [3.8, 4) is 23.0 Å². The van der Waals surface area contributed by atoms with Crippen LogP contribution in [0.1, 0.15) is 218 Å². The van der Waals surface area contributed by atoms with Crippen LogP contribution in [0.3, 0.4) is 0 Å². The van der Waals surface area contributed by atoms with Gasteiger partial charge in [0.25, 0.3) is 0 Å². The van der Waals surface area contributed by atoms with Gasteiger partial charge in [-0.05, 0) is 132 Å². The number of esters is 1. The van der Waals surface area contributed by atoms with E-state index < -0.39 is 199 Å². The molecular formula is C85H124N16O24S. The Bertz CT molecular complexity index is 4360. The van der Waals surface area contributed by atoms with Gasteiger partial charge in [0.15, 0.2) is 10.7 Å². The maximum absolute atomic E-state index is 15.0. The number of aromatic hydroxyl groups is 2. The van der Waals surface area contributed by atoms with Crippen LogP contribution in [0, 0.1) is 17.8 Å². The van der Waals surface area contributed by atoms with Crippen molar-refractivity contribution in [3.05, 3.63) is 76.9 Å². The molecule has 3 heterocycles. The Hall–Kier alpha value is -11.8. The molecule has 41 heteroatoms. The summed E-state index contributed by atoms with van der Waals surface area (Å²) in [4.78, 5) is 218. The molecule has 1 saturated heterocycles. The number of carbonyl (C=O) groups is 16. The molecule has 10 atom stereocenters. The van der Waals surface area contributed by atoms with Crippen LogP contribution >= 0.6 is 12.2 Å². The number of aliphatic hydroxyl groups is 1. The summed E-state index contributed by atoms with van der Waals surface area (Å²) in [7, 11) is 0. The molecular weight excluding hydrogens is 1660 g/mol. The summed E-state index contributed by atoms with van der Waals surface area (Å²) in [6.07, 6.45) is 3.76. The number of anilines is 1. The molecule has 0 aliphatic carbocycles. The van der Waals surface area contributed by atoms with Crippen molar-refractivity contribution in [1.29, 1.82) is 0 Å². The summed E-state index contributed by atoms with van der Waals surface area (Å²) in [5.74, 6) is -15.9. The molecule has 0 aromatic heterocycles. The number of carbonyl (C=O) groups excluding carboxylic acids is 15. The van der Waals surface area contributed by atoms with Crippen molar-refractivity contribution in [2.45, 2.75) is 256 Å². The standard InChI is InChI=1S/C85H124N16O24S/c1-46(2)36-59(74(114)91-49(7)72(112)97-63(44-102)71(88)111)95-77(117)62(42-70(109)110)96-76(116)61(38-48(5)6)99-81(121)84(9)31-19-17-15-13-11-10-12-14-16-18-30-83(8,80(120)98-60(37-47(3)4)75(115)94-58(78(118)101-84)27-29-67(87)106)100-68(107)43-90-73(113)57(26-28-66(86)105)93-69(108)45-123-35-34-122-33-32-89-82(126)92-50-20-23-54-53(39-50)79(119)125-85(54)55-24-21-51(103)40-64(55)124-65-41-52(104)22-25-56(65)85/h20-25,39-41,46-49,57-63,102-104H,10-19,26-38,42-45H2,1-9H3,(H2,86,105)(H2,87,106)(H2,88,111)(H,90,113)(H,91,114)(H,93,108)(H,94,115)(H,95,117)(H,96,116)(H,97,112)(H,98,120)(H,99,121)(H,100,107)(H,101,118)(H,109,110)(H2,89,92,126)/t49-,57-,58-,59-,60-,61-,62-,63-,83-,84-/m0/s1. The summed E-state index contributed by atoms with van der Waals surface area (Å²) in [6, 6.07) is 1.75. The number of aliphatic hydroxyl groups excluding tert-OH is 1. The first-order valence-electron chi connectivity index (χ1n) is 42.4. The number of carboxylic acids is 1. The van der Waals surface area contributed by atoms with Gasteiger partial charge in [0.2, 0.25) is 82.7 Å². The van der Waals surface area contributed by atoms with Crippen LogP contribution in [0.15, 0.2) is 54.6 Å². The van der Waals surface area contributed by atoms with Gasteiger partial charge >= 0.3 is 11.9 Å².